The smallest absolute Gasteiger partial charge is 0.00206 e. The quantitative estimate of drug-likeness (QED) is 0.694. The van der Waals surface area contributed by atoms with Gasteiger partial charge in [0.1, 0.15) is 0 Å². The largest absolute Gasteiger partial charge is 0.316 e. The van der Waals surface area contributed by atoms with Gasteiger partial charge >= 0.3 is 0 Å². The van der Waals surface area contributed by atoms with Crippen molar-refractivity contribution in [1.29, 1.82) is 0 Å². The molecule has 1 saturated carbocycles. The van der Waals surface area contributed by atoms with Gasteiger partial charge in [-0.15, -0.1) is 0 Å². The highest BCUT2D eigenvalue weighted by atomic mass is 15.0. The Bertz CT molecular complexity index is 205. The van der Waals surface area contributed by atoms with Gasteiger partial charge in [-0.1, -0.05) is 20.3 Å². The second-order valence-electron chi connectivity index (χ2n) is 6.12. The van der Waals surface area contributed by atoms with E-state index in [2.05, 4.69) is 24.5 Å². The van der Waals surface area contributed by atoms with Gasteiger partial charge in [0.05, 0.1) is 0 Å². The maximum absolute atomic E-state index is 3.73. The van der Waals surface area contributed by atoms with Crippen LogP contribution in [0, 0.1) is 17.3 Å². The molecule has 0 aromatic carbocycles. The molecule has 0 spiro atoms. The van der Waals surface area contributed by atoms with Crippen molar-refractivity contribution in [3.63, 3.8) is 0 Å². The van der Waals surface area contributed by atoms with Gasteiger partial charge in [0.25, 0.3) is 0 Å². The molecule has 2 heteroatoms. The molecular weight excluding hydrogens is 196 g/mol. The summed E-state index contributed by atoms with van der Waals surface area (Å²) < 4.78 is 0. The third-order valence-electron chi connectivity index (χ3n) is 4.51. The van der Waals surface area contributed by atoms with Crippen molar-refractivity contribution in [3.8, 4) is 0 Å². The number of nitrogens with one attached hydrogen (secondary N) is 2. The summed E-state index contributed by atoms with van der Waals surface area (Å²) in [6.45, 7) is 9.63. The van der Waals surface area contributed by atoms with Gasteiger partial charge in [0, 0.05) is 13.1 Å². The van der Waals surface area contributed by atoms with E-state index in [0.29, 0.717) is 5.41 Å². The third-order valence-corrected chi connectivity index (χ3v) is 4.51. The average molecular weight is 224 g/mol. The monoisotopic (exact) mass is 224 g/mol. The Hall–Kier alpha value is -0.0800. The molecule has 0 radical (unpaired) electrons. The van der Waals surface area contributed by atoms with Crippen LogP contribution in [0.5, 0.6) is 0 Å². The minimum Gasteiger partial charge on any atom is -0.316 e. The number of rotatable bonds is 7. The van der Waals surface area contributed by atoms with Crippen molar-refractivity contribution < 1.29 is 0 Å². The predicted molar refractivity (Wildman–Crippen MR) is 69.6 cm³/mol. The molecule has 0 amide bonds. The zero-order valence-electron chi connectivity index (χ0n) is 11.0. The molecule has 2 atom stereocenters. The molecule has 1 heterocycles. The van der Waals surface area contributed by atoms with Crippen molar-refractivity contribution in [2.24, 2.45) is 17.3 Å². The minimum absolute atomic E-state index is 0.567. The van der Waals surface area contributed by atoms with Gasteiger partial charge in [-0.05, 0) is 56.0 Å². The molecule has 0 bridgehead atoms. The van der Waals surface area contributed by atoms with Crippen LogP contribution in [-0.4, -0.2) is 26.2 Å². The maximum atomic E-state index is 3.73. The highest BCUT2D eigenvalue weighted by Gasteiger charge is 2.33. The van der Waals surface area contributed by atoms with Gasteiger partial charge < -0.3 is 10.6 Å². The lowest BCUT2D eigenvalue weighted by Crippen LogP contribution is -2.38. The molecule has 94 valence electrons. The van der Waals surface area contributed by atoms with Gasteiger partial charge in [0.2, 0.25) is 0 Å². The fourth-order valence-corrected chi connectivity index (χ4v) is 3.18. The van der Waals surface area contributed by atoms with Crippen LogP contribution < -0.4 is 10.6 Å². The van der Waals surface area contributed by atoms with Gasteiger partial charge in [-0.25, -0.2) is 0 Å². The van der Waals surface area contributed by atoms with E-state index in [9.17, 15) is 0 Å². The van der Waals surface area contributed by atoms with E-state index in [0.717, 1.165) is 11.8 Å². The molecule has 0 aromatic rings. The highest BCUT2D eigenvalue weighted by molar-refractivity contribution is 4.90. The van der Waals surface area contributed by atoms with E-state index in [1.807, 2.05) is 0 Å². The zero-order chi connectivity index (χ0) is 11.4. The fourth-order valence-electron chi connectivity index (χ4n) is 3.18. The van der Waals surface area contributed by atoms with Crippen LogP contribution in [0.15, 0.2) is 0 Å². The Balaban J connectivity index is 1.69. The second-order valence-corrected chi connectivity index (χ2v) is 6.12. The molecule has 2 unspecified atom stereocenters. The summed E-state index contributed by atoms with van der Waals surface area (Å²) in [4.78, 5) is 0. The van der Waals surface area contributed by atoms with E-state index >= 15 is 0 Å². The minimum atomic E-state index is 0.567. The van der Waals surface area contributed by atoms with Gasteiger partial charge in [0.15, 0.2) is 0 Å². The van der Waals surface area contributed by atoms with Gasteiger partial charge in [-0.3, -0.25) is 0 Å². The van der Waals surface area contributed by atoms with Crippen LogP contribution in [0.2, 0.25) is 0 Å². The Morgan fingerprint density at radius 3 is 2.81 bits per heavy atom. The van der Waals surface area contributed by atoms with Crippen LogP contribution in [-0.2, 0) is 0 Å². The van der Waals surface area contributed by atoms with Gasteiger partial charge in [-0.2, -0.15) is 0 Å². The second kappa shape index (κ2) is 5.50. The summed E-state index contributed by atoms with van der Waals surface area (Å²) in [6, 6.07) is 0. The maximum Gasteiger partial charge on any atom is 0.00206 e. The molecular formula is C14H28N2. The summed E-state index contributed by atoms with van der Waals surface area (Å²) in [7, 11) is 0. The van der Waals surface area contributed by atoms with E-state index in [1.54, 1.807) is 0 Å². The molecule has 1 saturated heterocycles. The molecule has 0 aromatic heterocycles. The molecule has 1 aliphatic heterocycles. The first-order valence-electron chi connectivity index (χ1n) is 7.17. The molecule has 2 rings (SSSR count). The summed E-state index contributed by atoms with van der Waals surface area (Å²) >= 11 is 0. The number of hydrogen-bond donors (Lipinski definition) is 2. The fraction of sp³-hybridized carbons (Fsp3) is 1.00. The van der Waals surface area contributed by atoms with Crippen molar-refractivity contribution >= 4 is 0 Å². The summed E-state index contributed by atoms with van der Waals surface area (Å²) in [5, 5.41) is 7.27. The zero-order valence-corrected chi connectivity index (χ0v) is 11.0. The first-order valence-corrected chi connectivity index (χ1v) is 7.17. The van der Waals surface area contributed by atoms with E-state index in [4.69, 9.17) is 0 Å². The van der Waals surface area contributed by atoms with Crippen LogP contribution in [0.3, 0.4) is 0 Å². The van der Waals surface area contributed by atoms with Crippen molar-refractivity contribution in [3.05, 3.63) is 0 Å². The van der Waals surface area contributed by atoms with Crippen molar-refractivity contribution in [2.45, 2.75) is 46.0 Å². The molecule has 2 N–H and O–H groups in total. The predicted octanol–water partition coefficient (Wildman–Crippen LogP) is 2.40. The lowest BCUT2D eigenvalue weighted by Gasteiger charge is -2.29. The van der Waals surface area contributed by atoms with E-state index in [1.165, 1.54) is 58.3 Å². The topological polar surface area (TPSA) is 24.1 Å². The first kappa shape index (κ1) is 12.4. The van der Waals surface area contributed by atoms with Crippen LogP contribution in [0.25, 0.3) is 0 Å². The van der Waals surface area contributed by atoms with Crippen LogP contribution in [0.4, 0.5) is 0 Å². The molecule has 2 nitrogen and oxygen atoms in total. The Morgan fingerprint density at radius 2 is 2.25 bits per heavy atom. The Morgan fingerprint density at radius 1 is 1.44 bits per heavy atom. The molecule has 2 fully saturated rings. The van der Waals surface area contributed by atoms with E-state index < -0.39 is 0 Å². The third kappa shape index (κ3) is 3.21. The highest BCUT2D eigenvalue weighted by Crippen LogP contribution is 2.36. The Kier molecular flexibility index (Phi) is 4.26. The average Bonchev–Trinajstić information content (AvgIpc) is 3.02. The molecule has 2 aliphatic rings. The Labute approximate surface area is 101 Å². The van der Waals surface area contributed by atoms with Crippen molar-refractivity contribution in [2.75, 3.05) is 26.2 Å². The normalized spacial score (nSPS) is 31.9. The summed E-state index contributed by atoms with van der Waals surface area (Å²) in [6.07, 6.45) is 7.02. The summed E-state index contributed by atoms with van der Waals surface area (Å²) in [5.74, 6) is 1.93. The number of hydrogen-bond acceptors (Lipinski definition) is 2. The van der Waals surface area contributed by atoms with Crippen LogP contribution in [0.1, 0.15) is 46.0 Å². The van der Waals surface area contributed by atoms with Crippen LogP contribution >= 0.6 is 0 Å². The lowest BCUT2D eigenvalue weighted by molar-refractivity contribution is 0.268. The lowest BCUT2D eigenvalue weighted by atomic mass is 9.82. The molecule has 16 heavy (non-hydrogen) atoms. The standard InChI is InChI=1S/C14H28N2/c1-3-6-14(7-8-15-10-14)11-16-9-12(2)13-4-5-13/h12-13,15-16H,3-11H2,1-2H3. The summed E-state index contributed by atoms with van der Waals surface area (Å²) in [5.41, 5.74) is 0.567. The first-order chi connectivity index (χ1) is 7.76. The SMILES string of the molecule is CCCC1(CNCC(C)C2CC2)CCNC1. The van der Waals surface area contributed by atoms with Crippen molar-refractivity contribution in [1.82, 2.24) is 10.6 Å². The molecule has 1 aliphatic carbocycles. The van der Waals surface area contributed by atoms with E-state index in [-0.39, 0.29) is 0 Å².